The Morgan fingerprint density at radius 3 is 2.81 bits per heavy atom. The van der Waals surface area contributed by atoms with Crippen molar-refractivity contribution in [1.29, 1.82) is 0 Å². The molecule has 0 fully saturated rings. The summed E-state index contributed by atoms with van der Waals surface area (Å²) in [7, 11) is 0. The number of rotatable bonds is 2. The fraction of sp³-hybridized carbons (Fsp3) is 0.0667. The van der Waals surface area contributed by atoms with Gasteiger partial charge in [0.25, 0.3) is 0 Å². The van der Waals surface area contributed by atoms with Gasteiger partial charge in [0.05, 0.1) is 15.9 Å². The molecule has 3 aromatic rings. The molecule has 0 aliphatic carbocycles. The number of carbonyl (C=O) groups is 1. The Hall–Kier alpha value is -2.53. The summed E-state index contributed by atoms with van der Waals surface area (Å²) in [6.07, 6.45) is 3.53. The molecule has 21 heavy (non-hydrogen) atoms. The monoisotopic (exact) mass is 302 g/mol. The number of hydrogen-bond acceptors (Lipinski definition) is 3. The van der Waals surface area contributed by atoms with E-state index in [2.05, 4.69) is 0 Å². The van der Waals surface area contributed by atoms with Gasteiger partial charge in [0.2, 0.25) is 0 Å². The van der Waals surface area contributed by atoms with E-state index < -0.39 is 6.09 Å². The first-order valence-electron chi connectivity index (χ1n) is 6.25. The van der Waals surface area contributed by atoms with Crippen LogP contribution in [0.1, 0.15) is 5.56 Å². The van der Waals surface area contributed by atoms with Crippen LogP contribution < -0.4 is 4.73 Å². The fourth-order valence-electron chi connectivity index (χ4n) is 2.06. The molecular formula is C15H11ClN2O3. The Morgan fingerprint density at radius 1 is 1.29 bits per heavy atom. The van der Waals surface area contributed by atoms with Gasteiger partial charge in [-0.2, -0.15) is 4.73 Å². The van der Waals surface area contributed by atoms with Crippen LogP contribution in [0.15, 0.2) is 55.0 Å². The Labute approximate surface area is 125 Å². The van der Waals surface area contributed by atoms with E-state index in [0.717, 1.165) is 5.56 Å². The van der Waals surface area contributed by atoms with Crippen molar-refractivity contribution < 1.29 is 14.3 Å². The maximum absolute atomic E-state index is 12.1. The van der Waals surface area contributed by atoms with E-state index in [-0.39, 0.29) is 6.61 Å². The highest BCUT2D eigenvalue weighted by Crippen LogP contribution is 2.24. The number of nitrogens with zero attached hydrogens (tertiary/aromatic N) is 2. The topological polar surface area (TPSA) is 58.2 Å². The van der Waals surface area contributed by atoms with Gasteiger partial charge in [0.15, 0.2) is 12.4 Å². The van der Waals surface area contributed by atoms with Gasteiger partial charge in [0, 0.05) is 12.3 Å². The standard InChI is InChI=1S/C15H11ClN2O3/c16-13-9-18(14-6-7-17(20)8-12(13)14)15(19)21-10-11-4-2-1-3-5-11/h1-9H,10H2. The number of pyridine rings is 1. The van der Waals surface area contributed by atoms with Crippen LogP contribution in [0, 0.1) is 5.21 Å². The van der Waals surface area contributed by atoms with E-state index in [9.17, 15) is 10.0 Å². The zero-order valence-corrected chi connectivity index (χ0v) is 11.7. The molecule has 3 rings (SSSR count). The van der Waals surface area contributed by atoms with Crippen LogP contribution >= 0.6 is 11.6 Å². The molecule has 2 aromatic heterocycles. The third kappa shape index (κ3) is 2.68. The first kappa shape index (κ1) is 13.5. The van der Waals surface area contributed by atoms with E-state index >= 15 is 0 Å². The smallest absolute Gasteiger partial charge is 0.418 e. The average molecular weight is 303 g/mol. The summed E-state index contributed by atoms with van der Waals surface area (Å²) in [5.41, 5.74) is 1.43. The molecule has 0 N–H and O–H groups in total. The Bertz CT molecular complexity index is 799. The van der Waals surface area contributed by atoms with Crippen LogP contribution in [0.2, 0.25) is 5.02 Å². The molecule has 0 amide bonds. The van der Waals surface area contributed by atoms with Crippen LogP contribution in [-0.2, 0) is 11.3 Å². The molecular weight excluding hydrogens is 292 g/mol. The van der Waals surface area contributed by atoms with Crippen molar-refractivity contribution in [3.05, 3.63) is 70.8 Å². The minimum Gasteiger partial charge on any atom is -0.619 e. The second kappa shape index (κ2) is 5.46. The van der Waals surface area contributed by atoms with Crippen molar-refractivity contribution in [3.63, 3.8) is 0 Å². The van der Waals surface area contributed by atoms with Crippen LogP contribution in [0.5, 0.6) is 0 Å². The summed E-state index contributed by atoms with van der Waals surface area (Å²) in [5, 5.41) is 12.1. The van der Waals surface area contributed by atoms with Gasteiger partial charge < -0.3 is 9.94 Å². The third-order valence-corrected chi connectivity index (χ3v) is 3.37. The molecule has 6 heteroatoms. The van der Waals surface area contributed by atoms with Crippen LogP contribution in [-0.4, -0.2) is 10.7 Å². The molecule has 0 unspecified atom stereocenters. The molecule has 0 bridgehead atoms. The lowest BCUT2D eigenvalue weighted by Gasteiger charge is -2.06. The molecule has 0 spiro atoms. The van der Waals surface area contributed by atoms with Gasteiger partial charge in [-0.05, 0) is 5.56 Å². The molecule has 1 aromatic carbocycles. The van der Waals surface area contributed by atoms with Crippen molar-refractivity contribution >= 4 is 28.6 Å². The average Bonchev–Trinajstić information content (AvgIpc) is 2.83. The van der Waals surface area contributed by atoms with Crippen LogP contribution in [0.4, 0.5) is 4.79 Å². The Morgan fingerprint density at radius 2 is 2.05 bits per heavy atom. The number of fused-ring (bicyclic) bond motifs is 1. The number of ether oxygens (including phenoxy) is 1. The minimum atomic E-state index is -0.542. The molecule has 0 saturated carbocycles. The summed E-state index contributed by atoms with van der Waals surface area (Å²) in [4.78, 5) is 12.1. The lowest BCUT2D eigenvalue weighted by Crippen LogP contribution is -2.24. The second-order valence-corrected chi connectivity index (χ2v) is 4.90. The number of halogens is 1. The second-order valence-electron chi connectivity index (χ2n) is 4.49. The third-order valence-electron chi connectivity index (χ3n) is 3.07. The lowest BCUT2D eigenvalue weighted by molar-refractivity contribution is -0.603. The summed E-state index contributed by atoms with van der Waals surface area (Å²) >= 11 is 6.03. The molecule has 0 atom stereocenters. The Balaban J connectivity index is 1.85. The maximum atomic E-state index is 12.1. The molecule has 5 nitrogen and oxygen atoms in total. The predicted molar refractivity (Wildman–Crippen MR) is 77.9 cm³/mol. The van der Waals surface area contributed by atoms with E-state index in [0.29, 0.717) is 20.7 Å². The highest BCUT2D eigenvalue weighted by Gasteiger charge is 2.15. The molecule has 0 radical (unpaired) electrons. The van der Waals surface area contributed by atoms with Gasteiger partial charge in [-0.25, -0.2) is 4.79 Å². The number of carbonyl (C=O) groups excluding carboxylic acids is 1. The highest BCUT2D eigenvalue weighted by atomic mass is 35.5. The summed E-state index contributed by atoms with van der Waals surface area (Å²) in [5.74, 6) is 0. The number of hydrogen-bond donors (Lipinski definition) is 0. The largest absolute Gasteiger partial charge is 0.619 e. The minimum absolute atomic E-state index is 0.172. The first-order chi connectivity index (χ1) is 10.1. The number of aromatic nitrogens is 2. The SMILES string of the molecule is O=C(OCc1ccccc1)n1cc(Cl)c2c[n+]([O-])ccc21. The van der Waals surface area contributed by atoms with Gasteiger partial charge in [-0.1, -0.05) is 41.9 Å². The highest BCUT2D eigenvalue weighted by molar-refractivity contribution is 6.35. The summed E-state index contributed by atoms with van der Waals surface area (Å²) in [6.45, 7) is 0.172. The zero-order valence-electron chi connectivity index (χ0n) is 10.9. The zero-order chi connectivity index (χ0) is 14.8. The quantitative estimate of drug-likeness (QED) is 0.540. The summed E-state index contributed by atoms with van der Waals surface area (Å²) in [6, 6.07) is 10.9. The van der Waals surface area contributed by atoms with E-state index in [1.165, 1.54) is 29.2 Å². The van der Waals surface area contributed by atoms with Gasteiger partial charge in [-0.15, -0.1) is 0 Å². The Kier molecular flexibility index (Phi) is 3.50. The van der Waals surface area contributed by atoms with Crippen molar-refractivity contribution in [1.82, 2.24) is 4.57 Å². The van der Waals surface area contributed by atoms with Gasteiger partial charge in [0.1, 0.15) is 6.61 Å². The maximum Gasteiger partial charge on any atom is 0.418 e. The molecule has 0 saturated heterocycles. The van der Waals surface area contributed by atoms with Crippen molar-refractivity contribution in [3.8, 4) is 0 Å². The van der Waals surface area contributed by atoms with E-state index in [4.69, 9.17) is 16.3 Å². The molecule has 0 aliphatic heterocycles. The fourth-order valence-corrected chi connectivity index (χ4v) is 2.30. The van der Waals surface area contributed by atoms with Crippen molar-refractivity contribution in [2.45, 2.75) is 6.61 Å². The van der Waals surface area contributed by atoms with E-state index in [1.807, 2.05) is 30.3 Å². The first-order valence-corrected chi connectivity index (χ1v) is 6.63. The van der Waals surface area contributed by atoms with Crippen molar-refractivity contribution in [2.24, 2.45) is 0 Å². The summed E-state index contributed by atoms with van der Waals surface area (Å²) < 4.78 is 7.17. The van der Waals surface area contributed by atoms with Crippen LogP contribution in [0.25, 0.3) is 10.9 Å². The van der Waals surface area contributed by atoms with Crippen LogP contribution in [0.3, 0.4) is 0 Å². The van der Waals surface area contributed by atoms with Crippen molar-refractivity contribution in [2.75, 3.05) is 0 Å². The molecule has 2 heterocycles. The van der Waals surface area contributed by atoms with Gasteiger partial charge >= 0.3 is 6.09 Å². The lowest BCUT2D eigenvalue weighted by atomic mass is 10.2. The predicted octanol–water partition coefficient (Wildman–Crippen LogP) is 3.11. The normalized spacial score (nSPS) is 10.7. The molecule has 0 aliphatic rings. The van der Waals surface area contributed by atoms with Gasteiger partial charge in [-0.3, -0.25) is 4.57 Å². The van der Waals surface area contributed by atoms with E-state index in [1.54, 1.807) is 0 Å². The number of benzene rings is 1. The molecule has 106 valence electrons.